The van der Waals surface area contributed by atoms with Crippen LogP contribution in [0, 0.1) is 24.0 Å². The fourth-order valence-corrected chi connectivity index (χ4v) is 3.60. The number of aryl methyl sites for hydroxylation is 3. The zero-order valence-electron chi connectivity index (χ0n) is 17.5. The smallest absolute Gasteiger partial charge is 0.284 e. The molecule has 2 amide bonds. The number of nitrogens with one attached hydrogen (secondary N) is 2. The van der Waals surface area contributed by atoms with Gasteiger partial charge < -0.3 is 9.30 Å². The van der Waals surface area contributed by atoms with E-state index in [1.807, 2.05) is 19.9 Å². The largest absolute Gasteiger partial charge is 0.484 e. The van der Waals surface area contributed by atoms with Crippen LogP contribution in [0.15, 0.2) is 52.8 Å². The van der Waals surface area contributed by atoms with Crippen LogP contribution >= 0.6 is 11.8 Å². The number of ether oxygens (including phenoxy) is 1. The van der Waals surface area contributed by atoms with Crippen molar-refractivity contribution in [3.8, 4) is 5.75 Å². The third-order valence-corrected chi connectivity index (χ3v) is 5.29. The second kappa shape index (κ2) is 9.92. The first-order chi connectivity index (χ1) is 15.2. The average molecular weight is 456 g/mol. The molecule has 0 spiro atoms. The standard InChI is InChI=1S/C20H20N6O5S/c1-12-6-13(2)8-15(7-12)31-10-18(27)22-23-19(28)14-4-5-17(16(9-14)26(29)30)32-20-24-21-11-25(20)3/h4-9,11H,10H2,1-3H3,(H,22,27)(H,23,28). The first-order valence-corrected chi connectivity index (χ1v) is 10.1. The van der Waals surface area contributed by atoms with Gasteiger partial charge in [-0.2, -0.15) is 0 Å². The van der Waals surface area contributed by atoms with Gasteiger partial charge >= 0.3 is 0 Å². The lowest BCUT2D eigenvalue weighted by Crippen LogP contribution is -2.43. The van der Waals surface area contributed by atoms with Gasteiger partial charge in [-0.1, -0.05) is 6.07 Å². The Labute approximate surface area is 187 Å². The van der Waals surface area contributed by atoms with E-state index in [0.717, 1.165) is 29.0 Å². The maximum absolute atomic E-state index is 12.3. The van der Waals surface area contributed by atoms with Gasteiger partial charge in [-0.05, 0) is 61.0 Å². The Hall–Kier alpha value is -3.93. The summed E-state index contributed by atoms with van der Waals surface area (Å²) in [5, 5.41) is 19.5. The maximum atomic E-state index is 12.3. The zero-order chi connectivity index (χ0) is 23.3. The molecule has 0 radical (unpaired) electrons. The molecule has 0 unspecified atom stereocenters. The Morgan fingerprint density at radius 2 is 1.88 bits per heavy atom. The molecule has 0 bridgehead atoms. The molecule has 0 aliphatic carbocycles. The van der Waals surface area contributed by atoms with E-state index in [0.29, 0.717) is 15.8 Å². The van der Waals surface area contributed by atoms with Crippen LogP contribution in [0.1, 0.15) is 21.5 Å². The molecule has 3 aromatic rings. The van der Waals surface area contributed by atoms with Gasteiger partial charge in [0.1, 0.15) is 12.1 Å². The van der Waals surface area contributed by atoms with Gasteiger partial charge in [0.05, 0.1) is 9.82 Å². The van der Waals surface area contributed by atoms with Crippen LogP contribution in [0.5, 0.6) is 5.75 Å². The lowest BCUT2D eigenvalue weighted by Gasteiger charge is -2.10. The second-order valence-electron chi connectivity index (χ2n) is 6.88. The summed E-state index contributed by atoms with van der Waals surface area (Å²) in [7, 11) is 1.71. The molecule has 0 aliphatic rings. The molecule has 1 heterocycles. The third kappa shape index (κ3) is 5.82. The number of hydrogen-bond donors (Lipinski definition) is 2. The highest BCUT2D eigenvalue weighted by Crippen LogP contribution is 2.34. The molecule has 0 fully saturated rings. The van der Waals surface area contributed by atoms with Gasteiger partial charge in [0, 0.05) is 18.7 Å². The number of aromatic nitrogens is 3. The van der Waals surface area contributed by atoms with Crippen molar-refractivity contribution in [1.82, 2.24) is 25.6 Å². The zero-order valence-corrected chi connectivity index (χ0v) is 18.3. The highest BCUT2D eigenvalue weighted by atomic mass is 32.2. The minimum absolute atomic E-state index is 0.00884. The Morgan fingerprint density at radius 1 is 1.16 bits per heavy atom. The van der Waals surface area contributed by atoms with Crippen LogP contribution in [0.25, 0.3) is 0 Å². The number of rotatable bonds is 7. The number of amides is 2. The second-order valence-corrected chi connectivity index (χ2v) is 7.89. The van der Waals surface area contributed by atoms with Crippen LogP contribution in [0.4, 0.5) is 5.69 Å². The fourth-order valence-electron chi connectivity index (χ4n) is 2.75. The fraction of sp³-hybridized carbons (Fsp3) is 0.200. The average Bonchev–Trinajstić information content (AvgIpc) is 3.14. The van der Waals surface area contributed by atoms with Gasteiger partial charge in [0.2, 0.25) is 0 Å². The minimum Gasteiger partial charge on any atom is -0.484 e. The molecule has 3 rings (SSSR count). The number of hydrogen-bond acceptors (Lipinski definition) is 8. The molecule has 166 valence electrons. The molecule has 0 saturated heterocycles. The summed E-state index contributed by atoms with van der Waals surface area (Å²) in [6, 6.07) is 9.55. The summed E-state index contributed by atoms with van der Waals surface area (Å²) in [5.41, 5.74) is 6.18. The van der Waals surface area contributed by atoms with Crippen LogP contribution < -0.4 is 15.6 Å². The van der Waals surface area contributed by atoms with Crippen molar-refractivity contribution in [3.63, 3.8) is 0 Å². The number of benzene rings is 2. The summed E-state index contributed by atoms with van der Waals surface area (Å²) >= 11 is 1.05. The molecule has 0 atom stereocenters. The van der Waals surface area contributed by atoms with Crippen molar-refractivity contribution >= 4 is 29.3 Å². The van der Waals surface area contributed by atoms with Gasteiger partial charge in [-0.15, -0.1) is 10.2 Å². The van der Waals surface area contributed by atoms with Crippen molar-refractivity contribution in [1.29, 1.82) is 0 Å². The number of nitro groups is 1. The highest BCUT2D eigenvalue weighted by Gasteiger charge is 2.20. The van der Waals surface area contributed by atoms with Gasteiger partial charge in [-0.25, -0.2) is 0 Å². The Balaban J connectivity index is 1.60. The van der Waals surface area contributed by atoms with Crippen molar-refractivity contribution < 1.29 is 19.2 Å². The van der Waals surface area contributed by atoms with Crippen molar-refractivity contribution in [2.75, 3.05) is 6.61 Å². The van der Waals surface area contributed by atoms with Gasteiger partial charge in [0.25, 0.3) is 17.5 Å². The predicted octanol–water partition coefficient (Wildman–Crippen LogP) is 2.33. The van der Waals surface area contributed by atoms with Crippen molar-refractivity contribution in [3.05, 3.63) is 69.5 Å². The van der Waals surface area contributed by atoms with Crippen molar-refractivity contribution in [2.45, 2.75) is 23.9 Å². The summed E-state index contributed by atoms with van der Waals surface area (Å²) in [6.45, 7) is 3.52. The molecule has 0 saturated carbocycles. The van der Waals surface area contributed by atoms with E-state index in [1.165, 1.54) is 18.5 Å². The first kappa shape index (κ1) is 22.7. The first-order valence-electron chi connectivity index (χ1n) is 9.33. The van der Waals surface area contributed by atoms with E-state index in [4.69, 9.17) is 4.74 Å². The number of nitro benzene ring substituents is 1. The summed E-state index contributed by atoms with van der Waals surface area (Å²) < 4.78 is 7.04. The molecule has 11 nitrogen and oxygen atoms in total. The monoisotopic (exact) mass is 456 g/mol. The SMILES string of the molecule is Cc1cc(C)cc(OCC(=O)NNC(=O)c2ccc(Sc3nncn3C)c([N+](=O)[O-])c2)c1. The quantitative estimate of drug-likeness (QED) is 0.408. The van der Waals surface area contributed by atoms with E-state index < -0.39 is 16.7 Å². The number of hydrazine groups is 1. The number of carbonyl (C=O) groups excluding carboxylic acids is 2. The predicted molar refractivity (Wildman–Crippen MR) is 115 cm³/mol. The molecule has 32 heavy (non-hydrogen) atoms. The summed E-state index contributed by atoms with van der Waals surface area (Å²) in [4.78, 5) is 35.5. The van der Waals surface area contributed by atoms with Crippen molar-refractivity contribution in [2.24, 2.45) is 7.05 Å². The minimum atomic E-state index is -0.706. The van der Waals surface area contributed by atoms with E-state index >= 15 is 0 Å². The molecular weight excluding hydrogens is 436 g/mol. The van der Waals surface area contributed by atoms with Crippen LogP contribution in [-0.2, 0) is 11.8 Å². The van der Waals surface area contributed by atoms with E-state index in [1.54, 1.807) is 23.7 Å². The maximum Gasteiger partial charge on any atom is 0.284 e. The number of carbonyl (C=O) groups is 2. The molecule has 12 heteroatoms. The lowest BCUT2D eigenvalue weighted by atomic mass is 10.1. The Morgan fingerprint density at radius 3 is 2.50 bits per heavy atom. The highest BCUT2D eigenvalue weighted by molar-refractivity contribution is 7.99. The number of nitrogens with zero attached hydrogens (tertiary/aromatic N) is 4. The third-order valence-electron chi connectivity index (χ3n) is 4.17. The van der Waals surface area contributed by atoms with Gasteiger partial charge in [-0.3, -0.25) is 30.6 Å². The molecule has 1 aromatic heterocycles. The summed E-state index contributed by atoms with van der Waals surface area (Å²) in [5.74, 6) is -0.750. The van der Waals surface area contributed by atoms with E-state index in [2.05, 4.69) is 21.0 Å². The molecule has 2 N–H and O–H groups in total. The molecular formula is C20H20N6O5S. The molecule has 0 aliphatic heterocycles. The van der Waals surface area contributed by atoms with E-state index in [-0.39, 0.29) is 17.9 Å². The molecule has 2 aromatic carbocycles. The van der Waals surface area contributed by atoms with Gasteiger partial charge in [0.15, 0.2) is 11.8 Å². The summed E-state index contributed by atoms with van der Waals surface area (Å²) in [6.07, 6.45) is 1.47. The Kier molecular flexibility index (Phi) is 7.05. The normalized spacial score (nSPS) is 10.5. The van der Waals surface area contributed by atoms with Crippen LogP contribution in [-0.4, -0.2) is 38.1 Å². The van der Waals surface area contributed by atoms with E-state index in [9.17, 15) is 19.7 Å². The lowest BCUT2D eigenvalue weighted by molar-refractivity contribution is -0.387. The topological polar surface area (TPSA) is 141 Å². The van der Waals surface area contributed by atoms with Crippen LogP contribution in [0.3, 0.4) is 0 Å². The Bertz CT molecular complexity index is 1160. The van der Waals surface area contributed by atoms with Crippen LogP contribution in [0.2, 0.25) is 0 Å².